The SMILES string of the molecule is CCNC(=O)CCn1nccc1C. The van der Waals surface area contributed by atoms with Crippen molar-refractivity contribution in [3.8, 4) is 0 Å². The molecule has 0 fully saturated rings. The smallest absolute Gasteiger partial charge is 0.221 e. The van der Waals surface area contributed by atoms with Crippen LogP contribution in [0, 0.1) is 6.92 Å². The van der Waals surface area contributed by atoms with Gasteiger partial charge in [-0.05, 0) is 19.9 Å². The van der Waals surface area contributed by atoms with Crippen molar-refractivity contribution in [2.75, 3.05) is 6.54 Å². The third-order valence-electron chi connectivity index (χ3n) is 1.85. The fourth-order valence-electron chi connectivity index (χ4n) is 1.13. The topological polar surface area (TPSA) is 46.9 Å². The first-order valence-electron chi connectivity index (χ1n) is 4.49. The lowest BCUT2D eigenvalue weighted by Crippen LogP contribution is -2.24. The van der Waals surface area contributed by atoms with Crippen LogP contribution >= 0.6 is 0 Å². The number of nitrogens with one attached hydrogen (secondary N) is 1. The number of hydrogen-bond donors (Lipinski definition) is 1. The van der Waals surface area contributed by atoms with Gasteiger partial charge in [-0.3, -0.25) is 9.48 Å². The van der Waals surface area contributed by atoms with E-state index in [4.69, 9.17) is 0 Å². The molecule has 4 heteroatoms. The monoisotopic (exact) mass is 181 g/mol. The summed E-state index contributed by atoms with van der Waals surface area (Å²) in [5.41, 5.74) is 1.09. The molecule has 1 aromatic rings. The lowest BCUT2D eigenvalue weighted by molar-refractivity contribution is -0.121. The molecule has 4 nitrogen and oxygen atoms in total. The fourth-order valence-corrected chi connectivity index (χ4v) is 1.13. The maximum atomic E-state index is 11.1. The first-order chi connectivity index (χ1) is 6.24. The van der Waals surface area contributed by atoms with Crippen LogP contribution in [0.3, 0.4) is 0 Å². The van der Waals surface area contributed by atoms with Gasteiger partial charge >= 0.3 is 0 Å². The van der Waals surface area contributed by atoms with E-state index in [0.717, 1.165) is 5.69 Å². The van der Waals surface area contributed by atoms with Crippen LogP contribution in [-0.4, -0.2) is 22.2 Å². The highest BCUT2D eigenvalue weighted by atomic mass is 16.1. The molecule has 1 N–H and O–H groups in total. The van der Waals surface area contributed by atoms with E-state index >= 15 is 0 Å². The van der Waals surface area contributed by atoms with E-state index in [2.05, 4.69) is 10.4 Å². The quantitative estimate of drug-likeness (QED) is 0.744. The van der Waals surface area contributed by atoms with Gasteiger partial charge in [0.25, 0.3) is 0 Å². The second-order valence-corrected chi connectivity index (χ2v) is 2.90. The molecule has 0 saturated carbocycles. The predicted molar refractivity (Wildman–Crippen MR) is 50.3 cm³/mol. The van der Waals surface area contributed by atoms with Crippen LogP contribution in [0.2, 0.25) is 0 Å². The minimum Gasteiger partial charge on any atom is -0.356 e. The van der Waals surface area contributed by atoms with Crippen LogP contribution in [0.15, 0.2) is 12.3 Å². The molecule has 0 spiro atoms. The fraction of sp³-hybridized carbons (Fsp3) is 0.556. The average molecular weight is 181 g/mol. The Balaban J connectivity index is 2.35. The number of rotatable bonds is 4. The number of carbonyl (C=O) groups is 1. The van der Waals surface area contributed by atoms with Crippen molar-refractivity contribution in [2.45, 2.75) is 26.8 Å². The largest absolute Gasteiger partial charge is 0.356 e. The summed E-state index contributed by atoms with van der Waals surface area (Å²) >= 11 is 0. The van der Waals surface area contributed by atoms with Crippen LogP contribution < -0.4 is 5.32 Å². The minimum atomic E-state index is 0.0809. The normalized spacial score (nSPS) is 10.0. The predicted octanol–water partition coefficient (Wildman–Crippen LogP) is 0.718. The maximum absolute atomic E-state index is 11.1. The number of carbonyl (C=O) groups excluding carboxylic acids is 1. The van der Waals surface area contributed by atoms with E-state index < -0.39 is 0 Å². The van der Waals surface area contributed by atoms with Crippen LogP contribution in [0.1, 0.15) is 19.0 Å². The molecule has 1 rings (SSSR count). The summed E-state index contributed by atoms with van der Waals surface area (Å²) in [4.78, 5) is 11.1. The molecule has 0 unspecified atom stereocenters. The zero-order valence-electron chi connectivity index (χ0n) is 8.08. The second-order valence-electron chi connectivity index (χ2n) is 2.90. The molecule has 0 atom stereocenters. The van der Waals surface area contributed by atoms with Crippen molar-refractivity contribution in [2.24, 2.45) is 0 Å². The maximum Gasteiger partial charge on any atom is 0.221 e. The molecule has 13 heavy (non-hydrogen) atoms. The molecule has 0 aliphatic carbocycles. The number of nitrogens with zero attached hydrogens (tertiary/aromatic N) is 2. The summed E-state index contributed by atoms with van der Waals surface area (Å²) in [7, 11) is 0. The highest BCUT2D eigenvalue weighted by molar-refractivity contribution is 5.75. The molecule has 1 heterocycles. The van der Waals surface area contributed by atoms with Crippen LogP contribution in [0.5, 0.6) is 0 Å². The first-order valence-corrected chi connectivity index (χ1v) is 4.49. The molecule has 0 bridgehead atoms. The van der Waals surface area contributed by atoms with E-state index in [1.165, 1.54) is 0 Å². The highest BCUT2D eigenvalue weighted by Gasteiger charge is 2.01. The van der Waals surface area contributed by atoms with Gasteiger partial charge in [0.05, 0.1) is 0 Å². The van der Waals surface area contributed by atoms with E-state index in [0.29, 0.717) is 19.5 Å². The minimum absolute atomic E-state index is 0.0809. The van der Waals surface area contributed by atoms with Crippen molar-refractivity contribution in [1.29, 1.82) is 0 Å². The summed E-state index contributed by atoms with van der Waals surface area (Å²) in [6.07, 6.45) is 2.24. The summed E-state index contributed by atoms with van der Waals surface area (Å²) < 4.78 is 1.83. The Morgan fingerprint density at radius 3 is 3.00 bits per heavy atom. The van der Waals surface area contributed by atoms with Gasteiger partial charge < -0.3 is 5.32 Å². The van der Waals surface area contributed by atoms with Gasteiger partial charge in [0.1, 0.15) is 0 Å². The molecular weight excluding hydrogens is 166 g/mol. The van der Waals surface area contributed by atoms with Gasteiger partial charge in [0.15, 0.2) is 0 Å². The van der Waals surface area contributed by atoms with Crippen LogP contribution in [0.4, 0.5) is 0 Å². The van der Waals surface area contributed by atoms with Crippen molar-refractivity contribution in [3.05, 3.63) is 18.0 Å². The van der Waals surface area contributed by atoms with E-state index in [1.54, 1.807) is 6.20 Å². The Morgan fingerprint density at radius 1 is 1.69 bits per heavy atom. The van der Waals surface area contributed by atoms with E-state index in [9.17, 15) is 4.79 Å². The summed E-state index contributed by atoms with van der Waals surface area (Å²) in [5.74, 6) is 0.0809. The highest BCUT2D eigenvalue weighted by Crippen LogP contribution is 1.97. The van der Waals surface area contributed by atoms with E-state index in [1.807, 2.05) is 24.6 Å². The number of amides is 1. The van der Waals surface area contributed by atoms with Gasteiger partial charge in [-0.1, -0.05) is 0 Å². The van der Waals surface area contributed by atoms with Crippen molar-refractivity contribution in [1.82, 2.24) is 15.1 Å². The first kappa shape index (κ1) is 9.77. The Labute approximate surface area is 77.9 Å². The zero-order valence-corrected chi connectivity index (χ0v) is 8.08. The molecule has 1 aromatic heterocycles. The summed E-state index contributed by atoms with van der Waals surface area (Å²) in [6.45, 7) is 5.24. The third-order valence-corrected chi connectivity index (χ3v) is 1.85. The second kappa shape index (κ2) is 4.64. The third kappa shape index (κ3) is 2.89. The lowest BCUT2D eigenvalue weighted by Gasteiger charge is -2.04. The zero-order chi connectivity index (χ0) is 9.68. The van der Waals surface area contributed by atoms with E-state index in [-0.39, 0.29) is 5.91 Å². The molecule has 1 amide bonds. The van der Waals surface area contributed by atoms with Gasteiger partial charge in [-0.25, -0.2) is 0 Å². The van der Waals surface area contributed by atoms with Gasteiger partial charge in [0, 0.05) is 31.4 Å². The molecule has 0 aromatic carbocycles. The average Bonchev–Trinajstić information content (AvgIpc) is 2.48. The molecule has 0 aliphatic rings. The Morgan fingerprint density at radius 2 is 2.46 bits per heavy atom. The van der Waals surface area contributed by atoms with Crippen molar-refractivity contribution < 1.29 is 4.79 Å². The number of aromatic nitrogens is 2. The standard InChI is InChI=1S/C9H15N3O/c1-3-10-9(13)5-7-12-8(2)4-6-11-12/h4,6H,3,5,7H2,1-2H3,(H,10,13). The Hall–Kier alpha value is -1.32. The molecule has 0 aliphatic heterocycles. The van der Waals surface area contributed by atoms with Gasteiger partial charge in [-0.15, -0.1) is 0 Å². The van der Waals surface area contributed by atoms with Gasteiger partial charge in [0.2, 0.25) is 5.91 Å². The lowest BCUT2D eigenvalue weighted by atomic mass is 10.4. The molecule has 0 radical (unpaired) electrons. The molecule has 0 saturated heterocycles. The number of hydrogen-bond acceptors (Lipinski definition) is 2. The summed E-state index contributed by atoms with van der Waals surface area (Å²) in [6, 6.07) is 1.93. The van der Waals surface area contributed by atoms with Gasteiger partial charge in [-0.2, -0.15) is 5.10 Å². The Kier molecular flexibility index (Phi) is 3.49. The van der Waals surface area contributed by atoms with Crippen molar-refractivity contribution in [3.63, 3.8) is 0 Å². The van der Waals surface area contributed by atoms with Crippen molar-refractivity contribution >= 4 is 5.91 Å². The van der Waals surface area contributed by atoms with Crippen LogP contribution in [0.25, 0.3) is 0 Å². The Bertz CT molecular complexity index is 280. The number of aryl methyl sites for hydroxylation is 2. The molecular formula is C9H15N3O. The van der Waals surface area contributed by atoms with Crippen LogP contribution in [-0.2, 0) is 11.3 Å². The molecule has 72 valence electrons. The summed E-state index contributed by atoms with van der Waals surface area (Å²) in [5, 5.41) is 6.83.